The normalized spacial score (nSPS) is 12.8. The van der Waals surface area contributed by atoms with E-state index >= 15 is 0 Å². The van der Waals surface area contributed by atoms with Crippen molar-refractivity contribution in [1.29, 1.82) is 0 Å². The van der Waals surface area contributed by atoms with E-state index in [1.54, 1.807) is 22.8 Å². The van der Waals surface area contributed by atoms with E-state index in [1.807, 2.05) is 30.3 Å². The van der Waals surface area contributed by atoms with E-state index in [2.05, 4.69) is 10.3 Å². The van der Waals surface area contributed by atoms with Crippen molar-refractivity contribution in [2.75, 3.05) is 13.1 Å². The number of aromatic nitrogens is 1. The number of carbonyl (C=O) groups excluding carboxylic acids is 2. The van der Waals surface area contributed by atoms with E-state index in [4.69, 9.17) is 17.2 Å². The highest BCUT2D eigenvalue weighted by molar-refractivity contribution is 6.26. The van der Waals surface area contributed by atoms with Gasteiger partial charge >= 0.3 is 0 Å². The smallest absolute Gasteiger partial charge is 0.258 e. The molecule has 9 nitrogen and oxygen atoms in total. The molecule has 0 unspecified atom stereocenters. The molecule has 1 aliphatic carbocycles. The Labute approximate surface area is 196 Å². The van der Waals surface area contributed by atoms with Crippen LogP contribution in [0, 0.1) is 0 Å². The first-order chi connectivity index (χ1) is 16.4. The van der Waals surface area contributed by atoms with Crippen molar-refractivity contribution in [1.82, 2.24) is 9.88 Å². The minimum atomic E-state index is -0.661. The zero-order valence-corrected chi connectivity index (χ0v) is 18.8. The van der Waals surface area contributed by atoms with E-state index in [9.17, 15) is 14.4 Å². The number of fused-ring (bicyclic) bond motifs is 5. The van der Waals surface area contributed by atoms with Crippen molar-refractivity contribution in [2.45, 2.75) is 31.8 Å². The van der Waals surface area contributed by atoms with Gasteiger partial charge in [-0.2, -0.15) is 0 Å². The fourth-order valence-corrected chi connectivity index (χ4v) is 4.37. The van der Waals surface area contributed by atoms with Gasteiger partial charge in [0.2, 0.25) is 5.91 Å². The summed E-state index contributed by atoms with van der Waals surface area (Å²) in [5.41, 5.74) is 18.9. The molecule has 176 valence electrons. The Hall–Kier alpha value is -3.98. The number of benzene rings is 2. The highest BCUT2D eigenvalue weighted by Gasteiger charge is 2.32. The number of carbonyl (C=O) groups is 2. The van der Waals surface area contributed by atoms with Gasteiger partial charge in [0.15, 0.2) is 11.7 Å². The van der Waals surface area contributed by atoms with Gasteiger partial charge in [-0.15, -0.1) is 0 Å². The molecule has 2 aromatic carbocycles. The van der Waals surface area contributed by atoms with Crippen molar-refractivity contribution in [2.24, 2.45) is 22.2 Å². The first-order valence-electron chi connectivity index (χ1n) is 11.3. The molecule has 0 saturated heterocycles. The van der Waals surface area contributed by atoms with Crippen LogP contribution >= 0.6 is 0 Å². The fourth-order valence-electron chi connectivity index (χ4n) is 4.37. The standard InChI is InChI=1S/C25H28N6O3/c26-19(11-5-12-30-25(27)28)23(33)29-13-6-14-31-21-16-8-2-3-9-17(16)22(32)20(21)15-7-1-4-10-18(15)24(31)34/h1-4,7-10,19H,5-6,11-14,26H2,(H,29,33)(H4,27,28,30)/t19-/m0/s1. The van der Waals surface area contributed by atoms with Crippen LogP contribution in [0.2, 0.25) is 0 Å². The zero-order valence-electron chi connectivity index (χ0n) is 18.8. The summed E-state index contributed by atoms with van der Waals surface area (Å²) >= 11 is 0. The van der Waals surface area contributed by atoms with Gasteiger partial charge in [0.25, 0.3) is 5.56 Å². The van der Waals surface area contributed by atoms with Gasteiger partial charge < -0.3 is 27.1 Å². The number of amides is 1. The van der Waals surface area contributed by atoms with Gasteiger partial charge in [-0.05, 0) is 25.3 Å². The predicted octanol–water partition coefficient (Wildman–Crippen LogP) is 1.10. The molecule has 0 fully saturated rings. The molecule has 7 N–H and O–H groups in total. The lowest BCUT2D eigenvalue weighted by molar-refractivity contribution is -0.122. The van der Waals surface area contributed by atoms with Gasteiger partial charge in [-0.1, -0.05) is 42.5 Å². The average Bonchev–Trinajstić information content (AvgIpc) is 3.13. The van der Waals surface area contributed by atoms with Crippen LogP contribution in [0.25, 0.3) is 22.0 Å². The Kier molecular flexibility index (Phi) is 6.74. The number of rotatable bonds is 9. The summed E-state index contributed by atoms with van der Waals surface area (Å²) in [5, 5.41) is 4.00. The fraction of sp³-hybridized carbons (Fsp3) is 0.280. The van der Waals surface area contributed by atoms with E-state index in [-0.39, 0.29) is 23.2 Å². The third-order valence-electron chi connectivity index (χ3n) is 5.99. The summed E-state index contributed by atoms with van der Waals surface area (Å²) in [4.78, 5) is 42.7. The number of aliphatic imine (C=N–C) groups is 1. The molecule has 34 heavy (non-hydrogen) atoms. The Morgan fingerprint density at radius 3 is 2.38 bits per heavy atom. The summed E-state index contributed by atoms with van der Waals surface area (Å²) in [5.74, 6) is -0.324. The monoisotopic (exact) mass is 460 g/mol. The molecule has 9 heteroatoms. The van der Waals surface area contributed by atoms with E-state index in [0.29, 0.717) is 66.5 Å². The molecule has 1 heterocycles. The number of hydrogen-bond acceptors (Lipinski definition) is 5. The maximum Gasteiger partial charge on any atom is 0.258 e. The van der Waals surface area contributed by atoms with Gasteiger partial charge in [0.1, 0.15) is 0 Å². The van der Waals surface area contributed by atoms with Crippen molar-refractivity contribution in [3.63, 3.8) is 0 Å². The SMILES string of the molecule is NC(N)=NCCC[C@H](N)C(=O)NCCCn1c2c(c3ccccc3c1=O)C(=O)c1ccccc1-2. The quantitative estimate of drug-likeness (QED) is 0.166. The molecule has 0 spiro atoms. The third kappa shape index (κ3) is 4.42. The second-order valence-corrected chi connectivity index (χ2v) is 8.30. The summed E-state index contributed by atoms with van der Waals surface area (Å²) in [7, 11) is 0. The number of nitrogens with two attached hydrogens (primary N) is 3. The number of ketones is 1. The van der Waals surface area contributed by atoms with Crippen molar-refractivity contribution < 1.29 is 9.59 Å². The van der Waals surface area contributed by atoms with Crippen LogP contribution in [-0.2, 0) is 11.3 Å². The molecule has 0 bridgehead atoms. The number of pyridine rings is 1. The van der Waals surface area contributed by atoms with Crippen LogP contribution in [0.3, 0.4) is 0 Å². The lowest BCUT2D eigenvalue weighted by Gasteiger charge is -2.16. The number of hydrogen-bond donors (Lipinski definition) is 4. The molecular weight excluding hydrogens is 432 g/mol. The molecule has 4 rings (SSSR count). The van der Waals surface area contributed by atoms with Crippen LogP contribution in [0.4, 0.5) is 0 Å². The van der Waals surface area contributed by atoms with E-state index in [0.717, 1.165) is 5.56 Å². The minimum absolute atomic E-state index is 0.0118. The van der Waals surface area contributed by atoms with Crippen molar-refractivity contribution >= 4 is 28.4 Å². The van der Waals surface area contributed by atoms with Crippen LogP contribution in [0.1, 0.15) is 35.2 Å². The molecule has 1 amide bonds. The van der Waals surface area contributed by atoms with Gasteiger partial charge in [0.05, 0.1) is 17.3 Å². The number of guanidine groups is 1. The van der Waals surface area contributed by atoms with Crippen LogP contribution in [-0.4, -0.2) is 41.3 Å². The molecule has 1 atom stereocenters. The first kappa shape index (κ1) is 23.2. The molecule has 0 aliphatic heterocycles. The summed E-state index contributed by atoms with van der Waals surface area (Å²) in [6.45, 7) is 1.12. The highest BCUT2D eigenvalue weighted by atomic mass is 16.2. The molecule has 1 aliphatic rings. The second kappa shape index (κ2) is 9.88. The van der Waals surface area contributed by atoms with Gasteiger partial charge in [-0.25, -0.2) is 0 Å². The third-order valence-corrected chi connectivity index (χ3v) is 5.99. The first-order valence-corrected chi connectivity index (χ1v) is 11.3. The maximum atomic E-state index is 13.4. The van der Waals surface area contributed by atoms with Crippen molar-refractivity contribution in [3.8, 4) is 11.3 Å². The lowest BCUT2D eigenvalue weighted by Crippen LogP contribution is -2.41. The van der Waals surface area contributed by atoms with Crippen LogP contribution < -0.4 is 28.1 Å². The maximum absolute atomic E-state index is 13.4. The zero-order chi connectivity index (χ0) is 24.2. The largest absolute Gasteiger partial charge is 0.370 e. The Morgan fingerprint density at radius 2 is 1.65 bits per heavy atom. The molecular formula is C25H28N6O3. The molecule has 3 aromatic rings. The van der Waals surface area contributed by atoms with Crippen LogP contribution in [0.15, 0.2) is 58.3 Å². The summed E-state index contributed by atoms with van der Waals surface area (Å²) in [6.07, 6.45) is 1.56. The summed E-state index contributed by atoms with van der Waals surface area (Å²) in [6, 6.07) is 13.9. The molecule has 0 saturated carbocycles. The number of nitrogens with zero attached hydrogens (tertiary/aromatic N) is 2. The van der Waals surface area contributed by atoms with Gasteiger partial charge in [0, 0.05) is 41.5 Å². The van der Waals surface area contributed by atoms with Crippen molar-refractivity contribution in [3.05, 3.63) is 70.0 Å². The topological polar surface area (TPSA) is 159 Å². The van der Waals surface area contributed by atoms with E-state index in [1.165, 1.54) is 0 Å². The molecule has 0 radical (unpaired) electrons. The second-order valence-electron chi connectivity index (χ2n) is 8.30. The van der Waals surface area contributed by atoms with Crippen LogP contribution in [0.5, 0.6) is 0 Å². The van der Waals surface area contributed by atoms with Gasteiger partial charge in [-0.3, -0.25) is 19.4 Å². The Balaban J connectivity index is 1.49. The Bertz CT molecular complexity index is 1340. The lowest BCUT2D eigenvalue weighted by atomic mass is 10.0. The highest BCUT2D eigenvalue weighted by Crippen LogP contribution is 2.39. The molecule has 1 aromatic heterocycles. The minimum Gasteiger partial charge on any atom is -0.370 e. The average molecular weight is 461 g/mol. The predicted molar refractivity (Wildman–Crippen MR) is 133 cm³/mol. The van der Waals surface area contributed by atoms with E-state index < -0.39 is 6.04 Å². The Morgan fingerprint density at radius 1 is 0.971 bits per heavy atom. The number of nitrogens with one attached hydrogen (secondary N) is 1. The summed E-state index contributed by atoms with van der Waals surface area (Å²) < 4.78 is 1.66.